The van der Waals surface area contributed by atoms with Crippen LogP contribution in [0.2, 0.25) is 0 Å². The number of ether oxygens (including phenoxy) is 1. The molecule has 0 aliphatic rings. The van der Waals surface area contributed by atoms with E-state index in [0.717, 1.165) is 0 Å². The summed E-state index contributed by atoms with van der Waals surface area (Å²) in [5.41, 5.74) is 8.16. The topological polar surface area (TPSA) is 129 Å². The summed E-state index contributed by atoms with van der Waals surface area (Å²) < 4.78 is 5.23. The van der Waals surface area contributed by atoms with E-state index in [-0.39, 0.29) is 18.9 Å². The number of ketones is 1. The number of hydrogen-bond acceptors (Lipinski definition) is 4. The van der Waals surface area contributed by atoms with Gasteiger partial charge in [0.2, 0.25) is 11.7 Å². The van der Waals surface area contributed by atoms with E-state index < -0.39 is 29.8 Å². The number of carboxylic acids is 1. The maximum Gasteiger partial charge on any atom is 0.326 e. The zero-order valence-electron chi connectivity index (χ0n) is 11.7. The van der Waals surface area contributed by atoms with Crippen molar-refractivity contribution in [3.8, 4) is 0 Å². The molecule has 0 aromatic carbocycles. The smallest absolute Gasteiger partial charge is 0.326 e. The van der Waals surface area contributed by atoms with Crippen molar-refractivity contribution in [2.75, 3.05) is 0 Å². The fourth-order valence-electron chi connectivity index (χ4n) is 1.43. The first-order valence-electron chi connectivity index (χ1n) is 6.16. The van der Waals surface area contributed by atoms with Gasteiger partial charge in [-0.1, -0.05) is 0 Å². The molecular formula is C12H19N3O5. The lowest BCUT2D eigenvalue weighted by atomic mass is 10.1. The van der Waals surface area contributed by atoms with E-state index in [9.17, 15) is 14.4 Å². The maximum absolute atomic E-state index is 11.7. The molecule has 0 rings (SSSR count). The number of carboxylic acid groups (broad SMARTS) is 1. The Kier molecular flexibility index (Phi) is 8.03. The van der Waals surface area contributed by atoms with Crippen molar-refractivity contribution in [2.45, 2.75) is 51.9 Å². The number of carbonyl (C=O) groups excluding carboxylic acids is 2. The molecule has 8 heteroatoms. The first-order valence-corrected chi connectivity index (χ1v) is 6.16. The van der Waals surface area contributed by atoms with Crippen molar-refractivity contribution < 1.29 is 29.0 Å². The van der Waals surface area contributed by atoms with Crippen molar-refractivity contribution in [3.63, 3.8) is 0 Å². The first kappa shape index (κ1) is 17.9. The minimum absolute atomic E-state index is 0.0969. The number of rotatable bonds is 9. The van der Waals surface area contributed by atoms with E-state index >= 15 is 0 Å². The summed E-state index contributed by atoms with van der Waals surface area (Å²) in [6.45, 7) is 5.02. The van der Waals surface area contributed by atoms with Crippen LogP contribution in [0.15, 0.2) is 0 Å². The Morgan fingerprint density at radius 3 is 2.40 bits per heavy atom. The molecule has 0 spiro atoms. The summed E-state index contributed by atoms with van der Waals surface area (Å²) in [4.78, 5) is 36.4. The molecule has 112 valence electrons. The molecule has 0 aliphatic carbocycles. The molecule has 0 heterocycles. The number of Topliss-reactive ketones (excluding diaryl/α,β-unsaturated/α-hetero) is 1. The van der Waals surface area contributed by atoms with Gasteiger partial charge in [0.15, 0.2) is 0 Å². The van der Waals surface area contributed by atoms with Crippen molar-refractivity contribution in [1.29, 1.82) is 0 Å². The zero-order valence-corrected chi connectivity index (χ0v) is 11.7. The second kappa shape index (κ2) is 8.95. The van der Waals surface area contributed by atoms with Gasteiger partial charge in [-0.05, 0) is 27.2 Å². The molecule has 0 fully saturated rings. The molecule has 0 aromatic rings. The molecule has 2 N–H and O–H groups in total. The molecule has 2 unspecified atom stereocenters. The van der Waals surface area contributed by atoms with Gasteiger partial charge in [-0.2, -0.15) is 4.79 Å². The summed E-state index contributed by atoms with van der Waals surface area (Å²) in [5, 5.41) is 11.3. The second-order valence-corrected chi connectivity index (χ2v) is 4.48. The molecule has 0 radical (unpaired) electrons. The van der Waals surface area contributed by atoms with E-state index in [1.807, 2.05) is 0 Å². The van der Waals surface area contributed by atoms with Gasteiger partial charge in [-0.25, -0.2) is 4.79 Å². The van der Waals surface area contributed by atoms with E-state index in [1.54, 1.807) is 13.8 Å². The van der Waals surface area contributed by atoms with Gasteiger partial charge in [0, 0.05) is 6.42 Å². The predicted octanol–water partition coefficient (Wildman–Crippen LogP) is 0.0192. The van der Waals surface area contributed by atoms with Crippen molar-refractivity contribution in [3.05, 3.63) is 5.53 Å². The summed E-state index contributed by atoms with van der Waals surface area (Å²) >= 11 is 0. The average molecular weight is 285 g/mol. The third kappa shape index (κ3) is 7.40. The quantitative estimate of drug-likeness (QED) is 0.350. The Morgan fingerprint density at radius 1 is 1.35 bits per heavy atom. The largest absolute Gasteiger partial charge is 0.480 e. The summed E-state index contributed by atoms with van der Waals surface area (Å²) in [6, 6.07) is -1.20. The molecule has 0 saturated heterocycles. The van der Waals surface area contributed by atoms with Gasteiger partial charge in [-0.3, -0.25) is 9.59 Å². The maximum atomic E-state index is 11.7. The molecule has 8 nitrogen and oxygen atoms in total. The molecule has 0 bridgehead atoms. The van der Waals surface area contributed by atoms with Crippen LogP contribution in [0.1, 0.15) is 33.6 Å². The van der Waals surface area contributed by atoms with Crippen LogP contribution in [0.4, 0.5) is 0 Å². The third-order valence-electron chi connectivity index (χ3n) is 2.34. The standard InChI is InChI=1S/C12H19N3O5/c1-7(2)20-8(3)11(17)15-10(12(18)19)5-4-9(16)6-14-13/h6-8,10H,4-5H2,1-3H3,(H,15,17)(H,18,19). The first-order chi connectivity index (χ1) is 9.27. The predicted molar refractivity (Wildman–Crippen MR) is 69.2 cm³/mol. The van der Waals surface area contributed by atoms with Crippen LogP contribution in [0, 0.1) is 0 Å². The van der Waals surface area contributed by atoms with Crippen LogP contribution in [-0.2, 0) is 19.1 Å². The summed E-state index contributed by atoms with van der Waals surface area (Å²) in [7, 11) is 0. The monoisotopic (exact) mass is 285 g/mol. The lowest BCUT2D eigenvalue weighted by Gasteiger charge is -2.19. The number of carbonyl (C=O) groups is 3. The Morgan fingerprint density at radius 2 is 1.95 bits per heavy atom. The highest BCUT2D eigenvalue weighted by Crippen LogP contribution is 2.02. The Hall–Kier alpha value is -2.05. The molecular weight excluding hydrogens is 266 g/mol. The van der Waals surface area contributed by atoms with E-state index in [4.69, 9.17) is 15.4 Å². The van der Waals surface area contributed by atoms with E-state index in [2.05, 4.69) is 10.1 Å². The molecule has 2 atom stereocenters. The summed E-state index contributed by atoms with van der Waals surface area (Å²) in [5.74, 6) is -2.34. The van der Waals surface area contributed by atoms with Crippen molar-refractivity contribution in [2.24, 2.45) is 0 Å². The van der Waals surface area contributed by atoms with E-state index in [1.165, 1.54) is 6.92 Å². The lowest BCUT2D eigenvalue weighted by Crippen LogP contribution is -2.46. The highest BCUT2D eigenvalue weighted by molar-refractivity contribution is 6.25. The van der Waals surface area contributed by atoms with Gasteiger partial charge < -0.3 is 20.7 Å². The number of nitrogens with one attached hydrogen (secondary N) is 1. The lowest BCUT2D eigenvalue weighted by molar-refractivity contribution is -0.145. The minimum atomic E-state index is -1.25. The van der Waals surface area contributed by atoms with Crippen LogP contribution < -0.4 is 5.32 Å². The Labute approximate surface area is 116 Å². The van der Waals surface area contributed by atoms with Gasteiger partial charge in [0.25, 0.3) is 0 Å². The average Bonchev–Trinajstić information content (AvgIpc) is 2.33. The van der Waals surface area contributed by atoms with Crippen molar-refractivity contribution >= 4 is 23.9 Å². The highest BCUT2D eigenvalue weighted by atomic mass is 16.5. The van der Waals surface area contributed by atoms with Crippen LogP contribution in [0.5, 0.6) is 0 Å². The second-order valence-electron chi connectivity index (χ2n) is 4.48. The number of aliphatic carboxylic acids is 1. The molecule has 20 heavy (non-hydrogen) atoms. The van der Waals surface area contributed by atoms with Gasteiger partial charge in [0.05, 0.1) is 6.10 Å². The fraction of sp³-hybridized carbons (Fsp3) is 0.667. The van der Waals surface area contributed by atoms with Gasteiger partial charge in [0.1, 0.15) is 12.1 Å². The number of nitrogens with zero attached hydrogens (tertiary/aromatic N) is 2. The van der Waals surface area contributed by atoms with Crippen molar-refractivity contribution in [1.82, 2.24) is 5.32 Å². The number of hydrogen-bond donors (Lipinski definition) is 2. The molecule has 1 amide bonds. The number of amides is 1. The molecule has 0 saturated carbocycles. The summed E-state index contributed by atoms with van der Waals surface area (Å²) in [6.07, 6.45) is -0.514. The SMILES string of the molecule is CC(C)OC(C)C(=O)NC(CCC(=O)C=[N+]=[N-])C(=O)O. The Balaban J connectivity index is 4.47. The third-order valence-corrected chi connectivity index (χ3v) is 2.34. The fourth-order valence-corrected chi connectivity index (χ4v) is 1.43. The van der Waals surface area contributed by atoms with Crippen LogP contribution in [0.3, 0.4) is 0 Å². The van der Waals surface area contributed by atoms with Gasteiger partial charge >= 0.3 is 12.2 Å². The highest BCUT2D eigenvalue weighted by Gasteiger charge is 2.24. The minimum Gasteiger partial charge on any atom is -0.480 e. The van der Waals surface area contributed by atoms with Gasteiger partial charge in [-0.15, -0.1) is 0 Å². The normalized spacial score (nSPS) is 13.2. The molecule has 0 aliphatic heterocycles. The Bertz CT molecular complexity index is 415. The van der Waals surface area contributed by atoms with Crippen LogP contribution >= 0.6 is 0 Å². The zero-order chi connectivity index (χ0) is 15.7. The molecule has 0 aromatic heterocycles. The van der Waals surface area contributed by atoms with Crippen LogP contribution in [0.25, 0.3) is 5.53 Å². The van der Waals surface area contributed by atoms with Crippen LogP contribution in [-0.4, -0.2) is 52.0 Å². The van der Waals surface area contributed by atoms with E-state index in [0.29, 0.717) is 6.21 Å².